The van der Waals surface area contributed by atoms with E-state index in [1.807, 2.05) is 35.7 Å². The fourth-order valence-corrected chi connectivity index (χ4v) is 4.10. The Morgan fingerprint density at radius 3 is 2.66 bits per heavy atom. The SMILES string of the molecule is COc1cc(C(=O)Nc2nc(-c3ccc4ccccc4c3)cs2)cc(Cl)c1OCC(N)=O. The zero-order valence-electron chi connectivity index (χ0n) is 16.9. The van der Waals surface area contributed by atoms with Crippen molar-refractivity contribution in [3.05, 3.63) is 70.6 Å². The molecule has 0 aliphatic carbocycles. The number of aromatic nitrogens is 1. The van der Waals surface area contributed by atoms with Crippen LogP contribution in [0.1, 0.15) is 10.4 Å². The van der Waals surface area contributed by atoms with Crippen LogP contribution in [-0.2, 0) is 4.79 Å². The molecule has 1 heterocycles. The molecule has 7 nitrogen and oxygen atoms in total. The van der Waals surface area contributed by atoms with Crippen molar-refractivity contribution >= 4 is 50.7 Å². The molecule has 0 bridgehead atoms. The topological polar surface area (TPSA) is 104 Å². The van der Waals surface area contributed by atoms with Crippen molar-refractivity contribution in [1.82, 2.24) is 4.98 Å². The van der Waals surface area contributed by atoms with Gasteiger partial charge in [0, 0.05) is 16.5 Å². The number of carbonyl (C=O) groups is 2. The highest BCUT2D eigenvalue weighted by atomic mass is 35.5. The number of carbonyl (C=O) groups excluding carboxylic acids is 2. The first-order valence-electron chi connectivity index (χ1n) is 9.49. The van der Waals surface area contributed by atoms with E-state index in [1.165, 1.54) is 30.6 Å². The number of thiazole rings is 1. The minimum atomic E-state index is -0.657. The fourth-order valence-electron chi connectivity index (χ4n) is 3.12. The number of fused-ring (bicyclic) bond motifs is 1. The summed E-state index contributed by atoms with van der Waals surface area (Å²) in [6, 6.07) is 17.1. The third kappa shape index (κ3) is 4.66. The summed E-state index contributed by atoms with van der Waals surface area (Å²) in [5, 5.41) is 7.48. The summed E-state index contributed by atoms with van der Waals surface area (Å²) in [7, 11) is 1.40. The Labute approximate surface area is 192 Å². The maximum atomic E-state index is 12.8. The van der Waals surface area contributed by atoms with Crippen LogP contribution in [0.5, 0.6) is 11.5 Å². The summed E-state index contributed by atoms with van der Waals surface area (Å²) in [6.07, 6.45) is 0. The summed E-state index contributed by atoms with van der Waals surface area (Å²) in [4.78, 5) is 28.3. The van der Waals surface area contributed by atoms with E-state index >= 15 is 0 Å². The Balaban J connectivity index is 1.53. The first-order chi connectivity index (χ1) is 15.4. The van der Waals surface area contributed by atoms with E-state index in [2.05, 4.69) is 22.4 Å². The summed E-state index contributed by atoms with van der Waals surface area (Å²) in [5.74, 6) is -0.723. The van der Waals surface area contributed by atoms with Gasteiger partial charge < -0.3 is 15.2 Å². The molecule has 0 saturated heterocycles. The summed E-state index contributed by atoms with van der Waals surface area (Å²) in [6.45, 7) is -0.363. The van der Waals surface area contributed by atoms with E-state index in [0.29, 0.717) is 5.13 Å². The number of hydrogen-bond acceptors (Lipinski definition) is 6. The van der Waals surface area contributed by atoms with Crippen LogP contribution >= 0.6 is 22.9 Å². The molecule has 162 valence electrons. The molecule has 3 aromatic carbocycles. The van der Waals surface area contributed by atoms with Crippen LogP contribution in [0.2, 0.25) is 5.02 Å². The lowest BCUT2D eigenvalue weighted by atomic mass is 10.1. The molecule has 0 radical (unpaired) electrons. The fraction of sp³-hybridized carbons (Fsp3) is 0.0870. The van der Waals surface area contributed by atoms with Crippen LogP contribution in [-0.4, -0.2) is 30.5 Å². The molecule has 32 heavy (non-hydrogen) atoms. The van der Waals surface area contributed by atoms with Gasteiger partial charge in [-0.1, -0.05) is 48.0 Å². The second-order valence-corrected chi connectivity index (χ2v) is 8.06. The van der Waals surface area contributed by atoms with Crippen molar-refractivity contribution in [3.8, 4) is 22.8 Å². The zero-order valence-corrected chi connectivity index (χ0v) is 18.5. The Hall–Kier alpha value is -3.62. The maximum Gasteiger partial charge on any atom is 0.257 e. The van der Waals surface area contributed by atoms with Crippen molar-refractivity contribution in [2.45, 2.75) is 0 Å². The largest absolute Gasteiger partial charge is 0.493 e. The van der Waals surface area contributed by atoms with Crippen LogP contribution in [0.15, 0.2) is 60.0 Å². The number of primary amides is 1. The molecular formula is C23H18ClN3O4S. The average Bonchev–Trinajstić information content (AvgIpc) is 3.25. The van der Waals surface area contributed by atoms with Gasteiger partial charge in [0.1, 0.15) is 0 Å². The number of anilines is 1. The number of nitrogens with two attached hydrogens (primary N) is 1. The number of nitrogens with zero attached hydrogens (tertiary/aromatic N) is 1. The number of ether oxygens (including phenoxy) is 2. The molecule has 4 aromatic rings. The third-order valence-corrected chi connectivity index (χ3v) is 5.66. The van der Waals surface area contributed by atoms with E-state index in [-0.39, 0.29) is 28.7 Å². The van der Waals surface area contributed by atoms with Gasteiger partial charge in [-0.3, -0.25) is 14.9 Å². The van der Waals surface area contributed by atoms with Crippen LogP contribution in [0.25, 0.3) is 22.0 Å². The van der Waals surface area contributed by atoms with Gasteiger partial charge in [-0.05, 0) is 29.0 Å². The van der Waals surface area contributed by atoms with Crippen molar-refractivity contribution in [2.75, 3.05) is 19.0 Å². The van der Waals surface area contributed by atoms with Crippen LogP contribution in [0.3, 0.4) is 0 Å². The van der Waals surface area contributed by atoms with Crippen molar-refractivity contribution in [2.24, 2.45) is 5.73 Å². The number of halogens is 1. The van der Waals surface area contributed by atoms with Crippen molar-refractivity contribution in [3.63, 3.8) is 0 Å². The molecule has 1 aromatic heterocycles. The highest BCUT2D eigenvalue weighted by Gasteiger charge is 2.18. The summed E-state index contributed by atoms with van der Waals surface area (Å²) < 4.78 is 10.5. The van der Waals surface area contributed by atoms with Gasteiger partial charge in [-0.2, -0.15) is 0 Å². The Morgan fingerprint density at radius 2 is 1.91 bits per heavy atom. The number of hydrogen-bond donors (Lipinski definition) is 2. The summed E-state index contributed by atoms with van der Waals surface area (Å²) in [5.41, 5.74) is 7.08. The number of rotatable bonds is 7. The van der Waals surface area contributed by atoms with Crippen molar-refractivity contribution in [1.29, 1.82) is 0 Å². The minimum Gasteiger partial charge on any atom is -0.493 e. The predicted molar refractivity (Wildman–Crippen MR) is 126 cm³/mol. The second kappa shape index (κ2) is 9.25. The molecule has 0 unspecified atom stereocenters. The molecule has 0 spiro atoms. The van der Waals surface area contributed by atoms with Crippen LogP contribution < -0.4 is 20.5 Å². The zero-order chi connectivity index (χ0) is 22.7. The van der Waals surface area contributed by atoms with E-state index in [0.717, 1.165) is 22.0 Å². The molecule has 0 saturated carbocycles. The quantitative estimate of drug-likeness (QED) is 0.408. The lowest BCUT2D eigenvalue weighted by molar-refractivity contribution is -0.119. The van der Waals surface area contributed by atoms with Crippen molar-refractivity contribution < 1.29 is 19.1 Å². The lowest BCUT2D eigenvalue weighted by Crippen LogP contribution is -2.20. The number of amides is 2. The molecule has 0 atom stereocenters. The van der Waals surface area contributed by atoms with E-state index in [4.69, 9.17) is 26.8 Å². The van der Waals surface area contributed by atoms with E-state index in [1.54, 1.807) is 0 Å². The first kappa shape index (κ1) is 21.6. The smallest absolute Gasteiger partial charge is 0.257 e. The minimum absolute atomic E-state index is 0.117. The molecule has 2 amide bonds. The van der Waals surface area contributed by atoms with Gasteiger partial charge in [-0.15, -0.1) is 11.3 Å². The summed E-state index contributed by atoms with van der Waals surface area (Å²) >= 11 is 7.54. The highest BCUT2D eigenvalue weighted by molar-refractivity contribution is 7.14. The number of benzene rings is 3. The first-order valence-corrected chi connectivity index (χ1v) is 10.7. The van der Waals surface area contributed by atoms with Crippen LogP contribution in [0.4, 0.5) is 5.13 Å². The second-order valence-electron chi connectivity index (χ2n) is 6.80. The van der Waals surface area contributed by atoms with Crippen LogP contribution in [0, 0.1) is 0 Å². The van der Waals surface area contributed by atoms with Gasteiger partial charge >= 0.3 is 0 Å². The molecule has 3 N–H and O–H groups in total. The monoisotopic (exact) mass is 467 g/mol. The average molecular weight is 468 g/mol. The van der Waals surface area contributed by atoms with E-state index in [9.17, 15) is 9.59 Å². The maximum absolute atomic E-state index is 12.8. The molecule has 0 aliphatic rings. The molecular weight excluding hydrogens is 450 g/mol. The predicted octanol–water partition coefficient (Wildman–Crippen LogP) is 4.74. The van der Waals surface area contributed by atoms with E-state index < -0.39 is 11.8 Å². The standard InChI is InChI=1S/C23H18ClN3O4S/c1-30-19-10-16(9-17(24)21(19)31-11-20(25)28)22(29)27-23-26-18(12-32-23)15-7-6-13-4-2-3-5-14(13)8-15/h2-10,12H,11H2,1H3,(H2,25,28)(H,26,27,29). The van der Waals surface area contributed by atoms with Gasteiger partial charge in [0.25, 0.3) is 11.8 Å². The highest BCUT2D eigenvalue weighted by Crippen LogP contribution is 2.37. The molecule has 0 aliphatic heterocycles. The van der Waals surface area contributed by atoms with Gasteiger partial charge in [0.05, 0.1) is 17.8 Å². The normalized spacial score (nSPS) is 10.7. The Kier molecular flexibility index (Phi) is 6.25. The third-order valence-electron chi connectivity index (χ3n) is 4.62. The lowest BCUT2D eigenvalue weighted by Gasteiger charge is -2.13. The number of methoxy groups -OCH3 is 1. The molecule has 0 fully saturated rings. The van der Waals surface area contributed by atoms with Gasteiger partial charge in [0.15, 0.2) is 23.2 Å². The van der Waals surface area contributed by atoms with Gasteiger partial charge in [0.2, 0.25) is 0 Å². The molecule has 4 rings (SSSR count). The number of nitrogens with one attached hydrogen (secondary N) is 1. The molecule has 9 heteroatoms. The Morgan fingerprint density at radius 1 is 1.12 bits per heavy atom. The Bertz CT molecular complexity index is 1320. The van der Waals surface area contributed by atoms with Gasteiger partial charge in [-0.25, -0.2) is 4.98 Å².